The number of nitrogen functional groups attached to an aromatic ring is 1. The number of nitro groups is 1. The molecule has 1 rings (SSSR count). The van der Waals surface area contributed by atoms with Gasteiger partial charge in [-0.25, -0.2) is 0 Å². The monoisotopic (exact) mass is 179 g/mol. The SMILES string of the molecule is C=CCc1ccnc([N+](=O)[O-])c1N. The number of aromatic nitrogens is 1. The summed E-state index contributed by atoms with van der Waals surface area (Å²) in [7, 11) is 0. The first-order valence-electron chi connectivity index (χ1n) is 3.65. The highest BCUT2D eigenvalue weighted by Crippen LogP contribution is 2.22. The van der Waals surface area contributed by atoms with Crippen molar-refractivity contribution in [1.29, 1.82) is 0 Å². The second-order valence-corrected chi connectivity index (χ2v) is 2.46. The molecule has 13 heavy (non-hydrogen) atoms. The van der Waals surface area contributed by atoms with Gasteiger partial charge in [-0.3, -0.25) is 0 Å². The number of hydrogen-bond donors (Lipinski definition) is 1. The zero-order valence-electron chi connectivity index (χ0n) is 6.93. The van der Waals surface area contributed by atoms with E-state index in [1.54, 1.807) is 12.1 Å². The van der Waals surface area contributed by atoms with Crippen molar-refractivity contribution in [1.82, 2.24) is 4.98 Å². The van der Waals surface area contributed by atoms with E-state index in [2.05, 4.69) is 11.6 Å². The Morgan fingerprint density at radius 2 is 2.46 bits per heavy atom. The molecule has 1 heterocycles. The van der Waals surface area contributed by atoms with Crippen molar-refractivity contribution in [2.24, 2.45) is 0 Å². The zero-order chi connectivity index (χ0) is 9.84. The second kappa shape index (κ2) is 3.66. The number of pyridine rings is 1. The summed E-state index contributed by atoms with van der Waals surface area (Å²) in [4.78, 5) is 13.4. The van der Waals surface area contributed by atoms with E-state index in [-0.39, 0.29) is 11.5 Å². The van der Waals surface area contributed by atoms with Gasteiger partial charge >= 0.3 is 5.82 Å². The third-order valence-corrected chi connectivity index (χ3v) is 1.60. The summed E-state index contributed by atoms with van der Waals surface area (Å²) in [6.45, 7) is 3.53. The van der Waals surface area contributed by atoms with Crippen LogP contribution in [0.4, 0.5) is 11.5 Å². The molecule has 0 aliphatic rings. The van der Waals surface area contributed by atoms with Crippen LogP contribution in [-0.2, 0) is 6.42 Å². The Morgan fingerprint density at radius 1 is 1.77 bits per heavy atom. The maximum absolute atomic E-state index is 10.4. The topological polar surface area (TPSA) is 82.0 Å². The van der Waals surface area contributed by atoms with Crippen LogP contribution >= 0.6 is 0 Å². The molecule has 1 aromatic rings. The van der Waals surface area contributed by atoms with Crippen LogP contribution < -0.4 is 5.73 Å². The lowest BCUT2D eigenvalue weighted by Crippen LogP contribution is -2.01. The molecule has 1 aromatic heterocycles. The Labute approximate surface area is 75.0 Å². The van der Waals surface area contributed by atoms with Gasteiger partial charge in [-0.15, -0.1) is 6.58 Å². The maximum Gasteiger partial charge on any atom is 0.386 e. The molecular formula is C8H9N3O2. The van der Waals surface area contributed by atoms with Crippen LogP contribution in [-0.4, -0.2) is 9.91 Å². The van der Waals surface area contributed by atoms with Gasteiger partial charge in [-0.05, 0) is 28.0 Å². The summed E-state index contributed by atoms with van der Waals surface area (Å²) >= 11 is 0. The first-order valence-corrected chi connectivity index (χ1v) is 3.65. The number of rotatable bonds is 3. The van der Waals surface area contributed by atoms with E-state index in [1.165, 1.54) is 6.20 Å². The molecule has 0 fully saturated rings. The number of allylic oxidation sites excluding steroid dienone is 1. The van der Waals surface area contributed by atoms with Crippen LogP contribution in [0.5, 0.6) is 0 Å². The minimum atomic E-state index is -0.595. The highest BCUT2D eigenvalue weighted by atomic mass is 16.6. The summed E-state index contributed by atoms with van der Waals surface area (Å²) in [6, 6.07) is 1.64. The quantitative estimate of drug-likeness (QED) is 0.430. The highest BCUT2D eigenvalue weighted by Gasteiger charge is 2.14. The fourth-order valence-electron chi connectivity index (χ4n) is 0.980. The molecule has 0 aromatic carbocycles. The molecule has 68 valence electrons. The number of anilines is 1. The fraction of sp³-hybridized carbons (Fsp3) is 0.125. The molecule has 0 amide bonds. The Kier molecular flexibility index (Phi) is 2.59. The molecule has 5 nitrogen and oxygen atoms in total. The van der Waals surface area contributed by atoms with Crippen molar-refractivity contribution in [2.75, 3.05) is 5.73 Å². The van der Waals surface area contributed by atoms with Gasteiger partial charge in [0.2, 0.25) is 0 Å². The van der Waals surface area contributed by atoms with Gasteiger partial charge in [-0.1, -0.05) is 6.08 Å². The van der Waals surface area contributed by atoms with Crippen LogP contribution in [0.15, 0.2) is 24.9 Å². The zero-order valence-corrected chi connectivity index (χ0v) is 6.93. The summed E-state index contributed by atoms with van der Waals surface area (Å²) in [6.07, 6.45) is 3.51. The van der Waals surface area contributed by atoms with Crippen LogP contribution in [0.2, 0.25) is 0 Å². The van der Waals surface area contributed by atoms with Gasteiger partial charge in [0, 0.05) is 0 Å². The van der Waals surface area contributed by atoms with E-state index in [0.29, 0.717) is 12.0 Å². The van der Waals surface area contributed by atoms with E-state index in [4.69, 9.17) is 5.73 Å². The summed E-state index contributed by atoms with van der Waals surface area (Å²) in [5.41, 5.74) is 6.31. The molecule has 5 heteroatoms. The predicted octanol–water partition coefficient (Wildman–Crippen LogP) is 1.30. The molecule has 0 aliphatic heterocycles. The van der Waals surface area contributed by atoms with Gasteiger partial charge in [0.25, 0.3) is 0 Å². The van der Waals surface area contributed by atoms with Crippen molar-refractivity contribution in [3.05, 3.63) is 40.6 Å². The van der Waals surface area contributed by atoms with E-state index in [0.717, 1.165) is 0 Å². The van der Waals surface area contributed by atoms with Crippen molar-refractivity contribution in [2.45, 2.75) is 6.42 Å². The Hall–Kier alpha value is -1.91. The van der Waals surface area contributed by atoms with Gasteiger partial charge in [0.1, 0.15) is 11.9 Å². The molecule has 2 N–H and O–H groups in total. The normalized spacial score (nSPS) is 9.54. The third-order valence-electron chi connectivity index (χ3n) is 1.60. The number of hydrogen-bond acceptors (Lipinski definition) is 4. The van der Waals surface area contributed by atoms with Crippen LogP contribution in [0.1, 0.15) is 5.56 Å². The van der Waals surface area contributed by atoms with Crippen molar-refractivity contribution in [3.8, 4) is 0 Å². The van der Waals surface area contributed by atoms with E-state index in [9.17, 15) is 10.1 Å². The van der Waals surface area contributed by atoms with Crippen LogP contribution in [0.25, 0.3) is 0 Å². The molecule has 0 saturated heterocycles. The van der Waals surface area contributed by atoms with Crippen LogP contribution in [0.3, 0.4) is 0 Å². The lowest BCUT2D eigenvalue weighted by molar-refractivity contribution is -0.388. The van der Waals surface area contributed by atoms with Gasteiger partial charge < -0.3 is 15.8 Å². The summed E-state index contributed by atoms with van der Waals surface area (Å²) in [5.74, 6) is -0.292. The molecule has 0 radical (unpaired) electrons. The largest absolute Gasteiger partial charge is 0.392 e. The smallest absolute Gasteiger partial charge is 0.386 e. The van der Waals surface area contributed by atoms with Crippen LogP contribution in [0, 0.1) is 10.1 Å². The molecule has 0 spiro atoms. The summed E-state index contributed by atoms with van der Waals surface area (Å²) < 4.78 is 0. The Balaban J connectivity index is 3.17. The number of nitrogens with zero attached hydrogens (tertiary/aromatic N) is 2. The predicted molar refractivity (Wildman–Crippen MR) is 49.2 cm³/mol. The summed E-state index contributed by atoms with van der Waals surface area (Å²) in [5, 5.41) is 10.4. The Morgan fingerprint density at radius 3 is 3.00 bits per heavy atom. The molecule has 0 unspecified atom stereocenters. The minimum Gasteiger partial charge on any atom is -0.392 e. The minimum absolute atomic E-state index is 0.118. The second-order valence-electron chi connectivity index (χ2n) is 2.46. The average Bonchev–Trinajstić information content (AvgIpc) is 2.08. The maximum atomic E-state index is 10.4. The van der Waals surface area contributed by atoms with Gasteiger partial charge in [-0.2, -0.15) is 0 Å². The van der Waals surface area contributed by atoms with E-state index >= 15 is 0 Å². The highest BCUT2D eigenvalue weighted by molar-refractivity contribution is 5.59. The average molecular weight is 179 g/mol. The van der Waals surface area contributed by atoms with Crippen molar-refractivity contribution >= 4 is 11.5 Å². The first kappa shape index (κ1) is 9.18. The molecular weight excluding hydrogens is 170 g/mol. The third kappa shape index (κ3) is 1.81. The molecule has 0 saturated carbocycles. The van der Waals surface area contributed by atoms with Crippen molar-refractivity contribution in [3.63, 3.8) is 0 Å². The first-order chi connectivity index (χ1) is 6.16. The van der Waals surface area contributed by atoms with E-state index < -0.39 is 4.92 Å². The molecule has 0 aliphatic carbocycles. The lowest BCUT2D eigenvalue weighted by atomic mass is 10.1. The number of nitrogens with two attached hydrogens (primary N) is 1. The standard InChI is InChI=1S/C8H9N3O2/c1-2-3-6-4-5-10-8(7(6)9)11(12)13/h2,4-5H,1,3,9H2. The van der Waals surface area contributed by atoms with Gasteiger partial charge in [0.15, 0.2) is 0 Å². The van der Waals surface area contributed by atoms with Gasteiger partial charge in [0.05, 0.1) is 0 Å². The molecule has 0 bridgehead atoms. The lowest BCUT2D eigenvalue weighted by Gasteiger charge is -2.01. The fourth-order valence-corrected chi connectivity index (χ4v) is 0.980. The Bertz CT molecular complexity index is 349. The van der Waals surface area contributed by atoms with E-state index in [1.807, 2.05) is 0 Å². The van der Waals surface area contributed by atoms with Crippen molar-refractivity contribution < 1.29 is 4.92 Å². The molecule has 0 atom stereocenters.